The molecule has 1 unspecified atom stereocenters. The van der Waals surface area contributed by atoms with Crippen molar-refractivity contribution in [1.29, 1.82) is 0 Å². The van der Waals surface area contributed by atoms with Crippen LogP contribution in [0.5, 0.6) is 0 Å². The van der Waals surface area contributed by atoms with Gasteiger partial charge in [-0.3, -0.25) is 4.79 Å². The van der Waals surface area contributed by atoms with Crippen molar-refractivity contribution in [1.82, 2.24) is 4.90 Å². The quantitative estimate of drug-likeness (QED) is 0.711. The topological polar surface area (TPSA) is 57.6 Å². The Hall–Kier alpha value is -1.06. The fraction of sp³-hybridized carbons (Fsp3) is 0.857. The fourth-order valence-electron chi connectivity index (χ4n) is 2.57. The van der Waals surface area contributed by atoms with E-state index in [9.17, 15) is 9.59 Å². The Bertz CT molecular complexity index is 291. The normalized spacial score (nSPS) is 21.0. The molecule has 4 nitrogen and oxygen atoms in total. The van der Waals surface area contributed by atoms with Crippen molar-refractivity contribution in [2.45, 2.75) is 64.8 Å². The molecule has 2 atom stereocenters. The SMILES string of the molecule is CCCCCCC(C)C(=O)N1CCC[C@@H]1C(=O)O. The number of nitrogens with zero attached hydrogens (tertiary/aromatic N) is 1. The molecule has 104 valence electrons. The van der Waals surface area contributed by atoms with Crippen molar-refractivity contribution in [3.63, 3.8) is 0 Å². The Labute approximate surface area is 109 Å². The van der Waals surface area contributed by atoms with Gasteiger partial charge in [-0.15, -0.1) is 0 Å². The van der Waals surface area contributed by atoms with Crippen LogP contribution in [0.25, 0.3) is 0 Å². The van der Waals surface area contributed by atoms with Crippen molar-refractivity contribution in [3.05, 3.63) is 0 Å². The molecule has 0 bridgehead atoms. The van der Waals surface area contributed by atoms with E-state index in [1.807, 2.05) is 6.92 Å². The molecule has 4 heteroatoms. The Kier molecular flexibility index (Phi) is 6.16. The Morgan fingerprint density at radius 2 is 2.06 bits per heavy atom. The molecule has 0 radical (unpaired) electrons. The van der Waals surface area contributed by atoms with E-state index in [2.05, 4.69) is 6.92 Å². The summed E-state index contributed by atoms with van der Waals surface area (Å²) < 4.78 is 0. The second-order valence-corrected chi connectivity index (χ2v) is 5.28. The molecule has 1 heterocycles. The van der Waals surface area contributed by atoms with Crippen LogP contribution < -0.4 is 0 Å². The first-order chi connectivity index (χ1) is 8.57. The maximum Gasteiger partial charge on any atom is 0.326 e. The standard InChI is InChI=1S/C14H25NO3/c1-3-4-5-6-8-11(2)13(16)15-10-7-9-12(15)14(17)18/h11-12H,3-10H2,1-2H3,(H,17,18)/t11?,12-/m1/s1. The van der Waals surface area contributed by atoms with Gasteiger partial charge in [0.15, 0.2) is 0 Å². The first-order valence-corrected chi connectivity index (χ1v) is 7.11. The van der Waals surface area contributed by atoms with Crippen LogP contribution in [0, 0.1) is 5.92 Å². The lowest BCUT2D eigenvalue weighted by Gasteiger charge is -2.24. The van der Waals surface area contributed by atoms with E-state index in [0.29, 0.717) is 13.0 Å². The zero-order chi connectivity index (χ0) is 13.5. The van der Waals surface area contributed by atoms with E-state index in [0.717, 1.165) is 25.7 Å². The summed E-state index contributed by atoms with van der Waals surface area (Å²) in [5.41, 5.74) is 0. The summed E-state index contributed by atoms with van der Waals surface area (Å²) in [7, 11) is 0. The minimum atomic E-state index is -0.862. The van der Waals surface area contributed by atoms with Gasteiger partial charge in [-0.1, -0.05) is 39.5 Å². The van der Waals surface area contributed by atoms with Crippen molar-refractivity contribution in [2.75, 3.05) is 6.54 Å². The predicted octanol–water partition coefficient (Wildman–Crippen LogP) is 2.67. The minimum Gasteiger partial charge on any atom is -0.480 e. The van der Waals surface area contributed by atoms with Gasteiger partial charge in [0, 0.05) is 12.5 Å². The molecule has 0 aromatic heterocycles. The fourth-order valence-corrected chi connectivity index (χ4v) is 2.57. The molecule has 0 saturated carbocycles. The minimum absolute atomic E-state index is 0.0244. The van der Waals surface area contributed by atoms with Crippen molar-refractivity contribution in [3.8, 4) is 0 Å². The predicted molar refractivity (Wildman–Crippen MR) is 70.3 cm³/mol. The van der Waals surface area contributed by atoms with E-state index in [1.165, 1.54) is 12.8 Å². The van der Waals surface area contributed by atoms with Crippen LogP contribution in [0.2, 0.25) is 0 Å². The number of amides is 1. The van der Waals surface area contributed by atoms with Gasteiger partial charge in [0.1, 0.15) is 6.04 Å². The molecule has 0 spiro atoms. The zero-order valence-corrected chi connectivity index (χ0v) is 11.5. The van der Waals surface area contributed by atoms with Gasteiger partial charge in [0.05, 0.1) is 0 Å². The third-order valence-corrected chi connectivity index (χ3v) is 3.73. The highest BCUT2D eigenvalue weighted by Gasteiger charge is 2.35. The van der Waals surface area contributed by atoms with Gasteiger partial charge in [-0.05, 0) is 19.3 Å². The number of hydrogen-bond acceptors (Lipinski definition) is 2. The van der Waals surface area contributed by atoms with E-state index < -0.39 is 12.0 Å². The molecule has 1 saturated heterocycles. The lowest BCUT2D eigenvalue weighted by Crippen LogP contribution is -2.42. The van der Waals surface area contributed by atoms with Gasteiger partial charge in [0.25, 0.3) is 0 Å². The van der Waals surface area contributed by atoms with Gasteiger partial charge >= 0.3 is 5.97 Å². The Balaban J connectivity index is 2.40. The number of carbonyl (C=O) groups is 2. The van der Waals surface area contributed by atoms with Crippen molar-refractivity contribution < 1.29 is 14.7 Å². The average Bonchev–Trinajstić information content (AvgIpc) is 2.82. The van der Waals surface area contributed by atoms with E-state index in [1.54, 1.807) is 4.90 Å². The molecule has 1 N–H and O–H groups in total. The number of carboxylic acid groups (broad SMARTS) is 1. The largest absolute Gasteiger partial charge is 0.480 e. The third-order valence-electron chi connectivity index (χ3n) is 3.73. The molecular formula is C14H25NO3. The second-order valence-electron chi connectivity index (χ2n) is 5.28. The summed E-state index contributed by atoms with van der Waals surface area (Å²) in [5.74, 6) is -0.878. The van der Waals surface area contributed by atoms with Gasteiger partial charge in [-0.2, -0.15) is 0 Å². The number of carboxylic acids is 1. The highest BCUT2D eigenvalue weighted by molar-refractivity contribution is 5.85. The molecular weight excluding hydrogens is 230 g/mol. The molecule has 1 fully saturated rings. The highest BCUT2D eigenvalue weighted by Crippen LogP contribution is 2.22. The van der Waals surface area contributed by atoms with Crippen molar-refractivity contribution >= 4 is 11.9 Å². The van der Waals surface area contributed by atoms with E-state index >= 15 is 0 Å². The van der Waals surface area contributed by atoms with Crippen LogP contribution in [-0.4, -0.2) is 34.5 Å². The number of aliphatic carboxylic acids is 1. The highest BCUT2D eigenvalue weighted by atomic mass is 16.4. The van der Waals surface area contributed by atoms with Gasteiger partial charge < -0.3 is 10.0 Å². The molecule has 1 amide bonds. The second kappa shape index (κ2) is 7.39. The maximum absolute atomic E-state index is 12.2. The molecule has 0 aromatic rings. The Morgan fingerprint density at radius 3 is 2.67 bits per heavy atom. The lowest BCUT2D eigenvalue weighted by atomic mass is 10.0. The summed E-state index contributed by atoms with van der Waals surface area (Å²) in [5, 5.41) is 9.07. The van der Waals surface area contributed by atoms with E-state index in [4.69, 9.17) is 5.11 Å². The lowest BCUT2D eigenvalue weighted by molar-refractivity contribution is -0.149. The van der Waals surface area contributed by atoms with Crippen molar-refractivity contribution in [2.24, 2.45) is 5.92 Å². The number of rotatable bonds is 7. The molecule has 1 rings (SSSR count). The van der Waals surface area contributed by atoms with Crippen LogP contribution in [0.4, 0.5) is 0 Å². The van der Waals surface area contributed by atoms with Crippen LogP contribution in [0.3, 0.4) is 0 Å². The maximum atomic E-state index is 12.2. The molecule has 0 aliphatic carbocycles. The van der Waals surface area contributed by atoms with Crippen LogP contribution in [-0.2, 0) is 9.59 Å². The van der Waals surface area contributed by atoms with Crippen LogP contribution in [0.1, 0.15) is 58.8 Å². The summed E-state index contributed by atoms with van der Waals surface area (Å²) >= 11 is 0. The number of hydrogen-bond donors (Lipinski definition) is 1. The monoisotopic (exact) mass is 255 g/mol. The molecule has 0 aromatic carbocycles. The Morgan fingerprint density at radius 1 is 1.33 bits per heavy atom. The number of carbonyl (C=O) groups excluding carboxylic acids is 1. The number of unbranched alkanes of at least 4 members (excludes halogenated alkanes) is 3. The molecule has 1 aliphatic heterocycles. The third kappa shape index (κ3) is 4.00. The number of likely N-dealkylation sites (tertiary alicyclic amines) is 1. The van der Waals surface area contributed by atoms with E-state index in [-0.39, 0.29) is 11.8 Å². The summed E-state index contributed by atoms with van der Waals surface area (Å²) in [6.07, 6.45) is 6.91. The van der Waals surface area contributed by atoms with Crippen LogP contribution in [0.15, 0.2) is 0 Å². The average molecular weight is 255 g/mol. The summed E-state index contributed by atoms with van der Waals surface area (Å²) in [6, 6.07) is -0.587. The molecule has 18 heavy (non-hydrogen) atoms. The first-order valence-electron chi connectivity index (χ1n) is 7.11. The van der Waals surface area contributed by atoms with Crippen LogP contribution >= 0.6 is 0 Å². The zero-order valence-electron chi connectivity index (χ0n) is 11.5. The van der Waals surface area contributed by atoms with Gasteiger partial charge in [-0.25, -0.2) is 4.79 Å². The molecule has 1 aliphatic rings. The first kappa shape index (κ1) is 15.0. The summed E-state index contributed by atoms with van der Waals surface area (Å²) in [6.45, 7) is 4.69. The van der Waals surface area contributed by atoms with Gasteiger partial charge in [0.2, 0.25) is 5.91 Å². The smallest absolute Gasteiger partial charge is 0.326 e. The summed E-state index contributed by atoms with van der Waals surface area (Å²) in [4.78, 5) is 24.8.